The Morgan fingerprint density at radius 3 is 2.27 bits per heavy atom. The van der Waals surface area contributed by atoms with E-state index in [9.17, 15) is 18.6 Å². The Hall–Kier alpha value is -2.59. The summed E-state index contributed by atoms with van der Waals surface area (Å²) in [5.74, 6) is 3.63. The molecule has 2 unspecified atom stereocenters. The standard InChI is InChI=1S/C27H40N2O7S/c1-27(2,3)35-26(32)29-18-22(36-37(4,5)33)11-12-23(29)24(30)17-20-13-15-28(16-14-20)25(31)34-19-21-9-7-6-8-10-21/h6-10,20,22-23H,4,11-19H2,1-3,5H3/t22-,23?,37?/m0/s1. The van der Waals surface area contributed by atoms with E-state index in [0.29, 0.717) is 45.2 Å². The third kappa shape index (κ3) is 9.34. The molecule has 0 N–H and O–H groups in total. The number of likely N-dealkylation sites (tertiary alicyclic amines) is 2. The summed E-state index contributed by atoms with van der Waals surface area (Å²) in [5, 5.41) is 0. The van der Waals surface area contributed by atoms with E-state index in [4.69, 9.17) is 13.7 Å². The van der Waals surface area contributed by atoms with Gasteiger partial charge in [-0.2, -0.15) is 0 Å². The Morgan fingerprint density at radius 2 is 1.68 bits per heavy atom. The summed E-state index contributed by atoms with van der Waals surface area (Å²) in [6.45, 7) is 6.71. The van der Waals surface area contributed by atoms with Gasteiger partial charge in [-0.1, -0.05) is 30.3 Å². The lowest BCUT2D eigenvalue weighted by atomic mass is 9.87. The van der Waals surface area contributed by atoms with Crippen molar-refractivity contribution in [1.29, 1.82) is 0 Å². The first-order chi connectivity index (χ1) is 17.3. The minimum atomic E-state index is -2.71. The van der Waals surface area contributed by atoms with Crippen LogP contribution >= 0.6 is 0 Å². The highest BCUT2D eigenvalue weighted by molar-refractivity contribution is 7.95. The van der Waals surface area contributed by atoms with E-state index < -0.39 is 33.6 Å². The molecule has 1 aromatic rings. The molecule has 0 aromatic heterocycles. The van der Waals surface area contributed by atoms with E-state index in [1.807, 2.05) is 30.3 Å². The van der Waals surface area contributed by atoms with Crippen molar-refractivity contribution in [3.8, 4) is 0 Å². The minimum Gasteiger partial charge on any atom is -0.445 e. The number of Topliss-reactive ketones (excluding diaryl/α,β-unsaturated/α-hetero) is 1. The van der Waals surface area contributed by atoms with Crippen LogP contribution in [0.5, 0.6) is 0 Å². The second-order valence-electron chi connectivity index (χ2n) is 11.0. The lowest BCUT2D eigenvalue weighted by Gasteiger charge is -2.40. The third-order valence-electron chi connectivity index (χ3n) is 6.45. The summed E-state index contributed by atoms with van der Waals surface area (Å²) < 4.78 is 28.6. The SMILES string of the molecule is C=S(C)(=O)O[C@H]1CCC(C(=O)CC2CCN(C(=O)OCc3ccccc3)CC2)N(C(=O)OC(C)(C)C)C1. The van der Waals surface area contributed by atoms with Crippen LogP contribution in [0.15, 0.2) is 30.3 Å². The second kappa shape index (κ2) is 12.3. The molecule has 3 rings (SSSR count). The molecule has 1 aromatic carbocycles. The van der Waals surface area contributed by atoms with E-state index in [1.54, 1.807) is 25.7 Å². The number of nitrogens with zero attached hydrogens (tertiary/aromatic N) is 2. The number of ether oxygens (including phenoxy) is 2. The highest BCUT2D eigenvalue weighted by atomic mass is 32.2. The Bertz CT molecular complexity index is 1040. The first-order valence-corrected chi connectivity index (χ1v) is 14.8. The Kier molecular flexibility index (Phi) is 9.63. The first-order valence-electron chi connectivity index (χ1n) is 12.8. The molecule has 10 heteroatoms. The predicted octanol–water partition coefficient (Wildman–Crippen LogP) is 4.04. The molecule has 2 fully saturated rings. The number of benzene rings is 1. The maximum Gasteiger partial charge on any atom is 0.410 e. The van der Waals surface area contributed by atoms with Gasteiger partial charge < -0.3 is 14.4 Å². The van der Waals surface area contributed by atoms with Crippen LogP contribution in [0.25, 0.3) is 0 Å². The predicted molar refractivity (Wildman–Crippen MR) is 143 cm³/mol. The second-order valence-corrected chi connectivity index (χ2v) is 13.1. The average Bonchev–Trinajstić information content (AvgIpc) is 2.81. The van der Waals surface area contributed by atoms with E-state index in [0.717, 1.165) is 5.56 Å². The fraction of sp³-hybridized carbons (Fsp3) is 0.630. The van der Waals surface area contributed by atoms with Crippen molar-refractivity contribution in [3.63, 3.8) is 0 Å². The fourth-order valence-electron chi connectivity index (χ4n) is 4.71. The van der Waals surface area contributed by atoms with Crippen molar-refractivity contribution in [2.75, 3.05) is 25.9 Å². The molecule has 0 spiro atoms. The molecule has 0 bridgehead atoms. The number of rotatable bonds is 7. The zero-order valence-electron chi connectivity index (χ0n) is 22.4. The topological polar surface area (TPSA) is 102 Å². The molecular formula is C27H40N2O7S. The van der Waals surface area contributed by atoms with Crippen LogP contribution in [0.4, 0.5) is 9.59 Å². The van der Waals surface area contributed by atoms with Gasteiger partial charge in [0.1, 0.15) is 12.2 Å². The fourth-order valence-corrected chi connectivity index (χ4v) is 5.44. The van der Waals surface area contributed by atoms with Gasteiger partial charge in [0.05, 0.1) is 28.5 Å². The summed E-state index contributed by atoms with van der Waals surface area (Å²) in [5.41, 5.74) is 0.216. The van der Waals surface area contributed by atoms with Gasteiger partial charge >= 0.3 is 12.2 Å². The van der Waals surface area contributed by atoms with Crippen molar-refractivity contribution < 1.29 is 32.2 Å². The largest absolute Gasteiger partial charge is 0.445 e. The van der Waals surface area contributed by atoms with Crippen molar-refractivity contribution in [3.05, 3.63) is 35.9 Å². The quantitative estimate of drug-likeness (QED) is 0.485. The Labute approximate surface area is 220 Å². The van der Waals surface area contributed by atoms with Crippen molar-refractivity contribution >= 4 is 33.6 Å². The molecule has 2 aliphatic heterocycles. The lowest BCUT2D eigenvalue weighted by molar-refractivity contribution is -0.127. The molecule has 2 saturated heterocycles. The highest BCUT2D eigenvalue weighted by Gasteiger charge is 2.40. The Balaban J connectivity index is 1.54. The normalized spacial score (nSPS) is 22.7. The van der Waals surface area contributed by atoms with E-state index in [-0.39, 0.29) is 30.9 Å². The molecule has 9 nitrogen and oxygen atoms in total. The minimum absolute atomic E-state index is 0.0266. The van der Waals surface area contributed by atoms with Gasteiger partial charge in [-0.25, -0.2) is 13.8 Å². The zero-order chi connectivity index (χ0) is 27.2. The maximum absolute atomic E-state index is 13.3. The summed E-state index contributed by atoms with van der Waals surface area (Å²) >= 11 is 0. The summed E-state index contributed by atoms with van der Waals surface area (Å²) in [4.78, 5) is 41.9. The first kappa shape index (κ1) is 29.0. The molecule has 3 atom stereocenters. The van der Waals surface area contributed by atoms with E-state index in [2.05, 4.69) is 5.87 Å². The van der Waals surface area contributed by atoms with Crippen molar-refractivity contribution in [2.24, 2.45) is 5.92 Å². The molecule has 0 radical (unpaired) electrons. The molecule has 2 heterocycles. The highest BCUT2D eigenvalue weighted by Crippen LogP contribution is 2.28. The average molecular weight is 537 g/mol. The third-order valence-corrected chi connectivity index (χ3v) is 7.12. The van der Waals surface area contributed by atoms with E-state index in [1.165, 1.54) is 11.2 Å². The summed E-state index contributed by atoms with van der Waals surface area (Å²) in [6, 6.07) is 8.90. The van der Waals surface area contributed by atoms with Crippen LogP contribution in [-0.2, 0) is 34.9 Å². The van der Waals surface area contributed by atoms with Gasteiger partial charge in [-0.3, -0.25) is 13.9 Å². The number of hydrogen-bond acceptors (Lipinski definition) is 7. The van der Waals surface area contributed by atoms with Gasteiger partial charge in [-0.05, 0) is 63.8 Å². The summed E-state index contributed by atoms with van der Waals surface area (Å²) in [7, 11) is -2.71. The number of amides is 2. The van der Waals surface area contributed by atoms with E-state index >= 15 is 0 Å². The molecule has 2 aliphatic rings. The van der Waals surface area contributed by atoms with Crippen LogP contribution in [0.3, 0.4) is 0 Å². The molecule has 37 heavy (non-hydrogen) atoms. The van der Waals surface area contributed by atoms with Gasteiger partial charge in [0.25, 0.3) is 0 Å². The van der Waals surface area contributed by atoms with Gasteiger partial charge in [0.2, 0.25) is 0 Å². The van der Waals surface area contributed by atoms with Crippen LogP contribution < -0.4 is 0 Å². The lowest BCUT2D eigenvalue weighted by Crippen LogP contribution is -2.54. The van der Waals surface area contributed by atoms with Gasteiger partial charge in [-0.15, -0.1) is 0 Å². The Morgan fingerprint density at radius 1 is 1.03 bits per heavy atom. The smallest absolute Gasteiger partial charge is 0.410 e. The molecule has 206 valence electrons. The molecule has 0 aliphatic carbocycles. The van der Waals surface area contributed by atoms with Crippen molar-refractivity contribution in [2.45, 2.75) is 77.2 Å². The number of carbonyl (C=O) groups is 3. The summed E-state index contributed by atoms with van der Waals surface area (Å²) in [6.07, 6.45) is 2.62. The van der Waals surface area contributed by atoms with Crippen molar-refractivity contribution in [1.82, 2.24) is 9.80 Å². The maximum atomic E-state index is 13.3. The van der Waals surface area contributed by atoms with Gasteiger partial charge in [0, 0.05) is 25.8 Å². The van der Waals surface area contributed by atoms with Gasteiger partial charge in [0.15, 0.2) is 5.78 Å². The number of carbonyl (C=O) groups excluding carboxylic acids is 3. The number of piperidine rings is 2. The molecule has 2 amide bonds. The molecular weight excluding hydrogens is 496 g/mol. The zero-order valence-corrected chi connectivity index (χ0v) is 23.2. The number of ketones is 1. The van der Waals surface area contributed by atoms with Crippen LogP contribution in [-0.4, -0.2) is 81.5 Å². The van der Waals surface area contributed by atoms with Crippen LogP contribution in [0.1, 0.15) is 58.4 Å². The molecule has 0 saturated carbocycles. The van der Waals surface area contributed by atoms with Crippen LogP contribution in [0, 0.1) is 5.92 Å². The number of hydrogen-bond donors (Lipinski definition) is 0. The van der Waals surface area contributed by atoms with Crippen LogP contribution in [0.2, 0.25) is 0 Å². The monoisotopic (exact) mass is 536 g/mol.